The fourth-order valence-electron chi connectivity index (χ4n) is 1.79. The first kappa shape index (κ1) is 14.7. The highest BCUT2D eigenvalue weighted by Gasteiger charge is 2.26. The Bertz CT molecular complexity index is 453. The summed E-state index contributed by atoms with van der Waals surface area (Å²) >= 11 is 6.11. The van der Waals surface area contributed by atoms with Crippen molar-refractivity contribution < 1.29 is 14.1 Å². The Hall–Kier alpha value is -1.36. The zero-order valence-electron chi connectivity index (χ0n) is 10.4. The van der Waals surface area contributed by atoms with Gasteiger partial charge < -0.3 is 4.74 Å². The molecule has 0 aliphatic rings. The SMILES string of the molecule is CCC(Cl)C(C)c1cc(OC)c(F)cc1[N+](=O)[O-]. The number of methoxy groups -OCH3 is 1. The summed E-state index contributed by atoms with van der Waals surface area (Å²) in [6, 6.07) is 2.23. The number of ether oxygens (including phenoxy) is 1. The van der Waals surface area contributed by atoms with Crippen molar-refractivity contribution in [2.24, 2.45) is 0 Å². The zero-order valence-corrected chi connectivity index (χ0v) is 11.2. The second kappa shape index (κ2) is 6.00. The minimum atomic E-state index is -0.747. The molecule has 0 heterocycles. The number of nitro benzene ring substituents is 1. The van der Waals surface area contributed by atoms with Crippen molar-refractivity contribution >= 4 is 17.3 Å². The number of benzene rings is 1. The van der Waals surface area contributed by atoms with Gasteiger partial charge in [-0.3, -0.25) is 10.1 Å². The predicted molar refractivity (Wildman–Crippen MR) is 68.0 cm³/mol. The molecular formula is C12H15ClFNO3. The van der Waals surface area contributed by atoms with Crippen LogP contribution in [0.2, 0.25) is 0 Å². The molecule has 0 radical (unpaired) electrons. The van der Waals surface area contributed by atoms with E-state index >= 15 is 0 Å². The molecule has 2 unspecified atom stereocenters. The van der Waals surface area contributed by atoms with Crippen LogP contribution in [0.25, 0.3) is 0 Å². The van der Waals surface area contributed by atoms with Crippen LogP contribution in [-0.2, 0) is 0 Å². The molecule has 0 bridgehead atoms. The molecule has 0 aliphatic carbocycles. The van der Waals surface area contributed by atoms with Gasteiger partial charge in [0.15, 0.2) is 11.6 Å². The number of hydrogen-bond acceptors (Lipinski definition) is 3. The Morgan fingerprint density at radius 1 is 1.56 bits per heavy atom. The van der Waals surface area contributed by atoms with Crippen LogP contribution in [0.4, 0.5) is 10.1 Å². The van der Waals surface area contributed by atoms with E-state index in [-0.39, 0.29) is 22.7 Å². The summed E-state index contributed by atoms with van der Waals surface area (Å²) in [5.74, 6) is -1.02. The van der Waals surface area contributed by atoms with E-state index in [1.807, 2.05) is 6.92 Å². The first-order valence-electron chi connectivity index (χ1n) is 5.58. The molecule has 0 amide bonds. The molecule has 4 nitrogen and oxygen atoms in total. The van der Waals surface area contributed by atoms with E-state index in [4.69, 9.17) is 16.3 Å². The van der Waals surface area contributed by atoms with E-state index in [0.717, 1.165) is 6.07 Å². The van der Waals surface area contributed by atoms with Gasteiger partial charge in [-0.2, -0.15) is 0 Å². The van der Waals surface area contributed by atoms with Gasteiger partial charge in [0.05, 0.1) is 18.1 Å². The number of rotatable bonds is 5. The van der Waals surface area contributed by atoms with Gasteiger partial charge in [-0.1, -0.05) is 13.8 Å². The van der Waals surface area contributed by atoms with Crippen molar-refractivity contribution in [3.63, 3.8) is 0 Å². The van der Waals surface area contributed by atoms with Crippen molar-refractivity contribution in [2.75, 3.05) is 7.11 Å². The molecule has 1 aromatic rings. The van der Waals surface area contributed by atoms with E-state index in [0.29, 0.717) is 12.0 Å². The monoisotopic (exact) mass is 275 g/mol. The first-order chi connectivity index (χ1) is 8.42. The molecule has 0 fully saturated rings. The normalized spacial score (nSPS) is 14.1. The van der Waals surface area contributed by atoms with Crippen molar-refractivity contribution in [3.8, 4) is 5.75 Å². The van der Waals surface area contributed by atoms with Crippen molar-refractivity contribution in [1.29, 1.82) is 0 Å². The third kappa shape index (κ3) is 2.90. The number of nitrogens with zero attached hydrogens (tertiary/aromatic N) is 1. The highest BCUT2D eigenvalue weighted by molar-refractivity contribution is 6.21. The Kier molecular flexibility index (Phi) is 4.90. The zero-order chi connectivity index (χ0) is 13.9. The maximum absolute atomic E-state index is 13.5. The van der Waals surface area contributed by atoms with Gasteiger partial charge in [-0.05, 0) is 12.5 Å². The van der Waals surface area contributed by atoms with Crippen molar-refractivity contribution in [3.05, 3.63) is 33.6 Å². The highest BCUT2D eigenvalue weighted by atomic mass is 35.5. The summed E-state index contributed by atoms with van der Waals surface area (Å²) in [5, 5.41) is 10.7. The van der Waals surface area contributed by atoms with Crippen LogP contribution in [0.1, 0.15) is 31.7 Å². The van der Waals surface area contributed by atoms with E-state index in [2.05, 4.69) is 0 Å². The van der Waals surface area contributed by atoms with Crippen LogP contribution in [0.3, 0.4) is 0 Å². The number of halogens is 2. The maximum atomic E-state index is 13.5. The van der Waals surface area contributed by atoms with Gasteiger partial charge in [-0.25, -0.2) is 4.39 Å². The third-order valence-corrected chi connectivity index (χ3v) is 3.61. The predicted octanol–water partition coefficient (Wildman–Crippen LogP) is 3.86. The van der Waals surface area contributed by atoms with Gasteiger partial charge in [0.1, 0.15) is 0 Å². The van der Waals surface area contributed by atoms with E-state index in [1.165, 1.54) is 13.2 Å². The lowest BCUT2D eigenvalue weighted by Crippen LogP contribution is -2.11. The number of nitro groups is 1. The lowest BCUT2D eigenvalue weighted by molar-refractivity contribution is -0.385. The molecule has 100 valence electrons. The van der Waals surface area contributed by atoms with E-state index < -0.39 is 10.7 Å². The molecule has 18 heavy (non-hydrogen) atoms. The minimum absolute atomic E-state index is 0.0116. The lowest BCUT2D eigenvalue weighted by Gasteiger charge is -2.17. The Balaban J connectivity index is 3.34. The highest BCUT2D eigenvalue weighted by Crippen LogP contribution is 2.36. The smallest absolute Gasteiger partial charge is 0.276 e. The molecular weight excluding hydrogens is 261 g/mol. The fourth-order valence-corrected chi connectivity index (χ4v) is 1.92. The topological polar surface area (TPSA) is 52.4 Å². The van der Waals surface area contributed by atoms with Gasteiger partial charge >= 0.3 is 0 Å². The molecule has 1 aromatic carbocycles. The quantitative estimate of drug-likeness (QED) is 0.466. The largest absolute Gasteiger partial charge is 0.494 e. The summed E-state index contributed by atoms with van der Waals surface area (Å²) in [4.78, 5) is 10.3. The van der Waals surface area contributed by atoms with Crippen LogP contribution < -0.4 is 4.74 Å². The molecule has 0 aromatic heterocycles. The average Bonchev–Trinajstić information content (AvgIpc) is 2.36. The van der Waals surface area contributed by atoms with Crippen LogP contribution in [0.15, 0.2) is 12.1 Å². The third-order valence-electron chi connectivity index (χ3n) is 2.92. The van der Waals surface area contributed by atoms with Gasteiger partial charge in [0, 0.05) is 16.9 Å². The molecule has 6 heteroatoms. The molecule has 0 aliphatic heterocycles. The van der Waals surface area contributed by atoms with Gasteiger partial charge in [-0.15, -0.1) is 11.6 Å². The fraction of sp³-hybridized carbons (Fsp3) is 0.500. The second-order valence-electron chi connectivity index (χ2n) is 4.02. The molecule has 0 spiro atoms. The summed E-state index contributed by atoms with van der Waals surface area (Å²) in [6.45, 7) is 3.67. The second-order valence-corrected chi connectivity index (χ2v) is 4.58. The number of hydrogen-bond donors (Lipinski definition) is 0. The molecule has 0 N–H and O–H groups in total. The van der Waals surface area contributed by atoms with Crippen LogP contribution >= 0.6 is 11.6 Å². The van der Waals surface area contributed by atoms with Gasteiger partial charge in [0.25, 0.3) is 5.69 Å². The summed E-state index contributed by atoms with van der Waals surface area (Å²) < 4.78 is 18.3. The minimum Gasteiger partial charge on any atom is -0.494 e. The van der Waals surface area contributed by atoms with Crippen LogP contribution in [0.5, 0.6) is 5.75 Å². The van der Waals surface area contributed by atoms with E-state index in [1.54, 1.807) is 6.92 Å². The summed E-state index contributed by atoms with van der Waals surface area (Å²) in [6.07, 6.45) is 0.666. The Labute approximate surface area is 110 Å². The molecule has 2 atom stereocenters. The lowest BCUT2D eigenvalue weighted by atomic mass is 9.94. The van der Waals surface area contributed by atoms with Crippen LogP contribution in [-0.4, -0.2) is 17.4 Å². The maximum Gasteiger partial charge on any atom is 0.276 e. The van der Waals surface area contributed by atoms with Gasteiger partial charge in [0.2, 0.25) is 0 Å². The van der Waals surface area contributed by atoms with Crippen molar-refractivity contribution in [1.82, 2.24) is 0 Å². The Morgan fingerprint density at radius 3 is 2.61 bits per heavy atom. The standard InChI is InChI=1S/C12H15ClFNO3/c1-4-9(13)7(2)8-5-12(18-3)10(14)6-11(8)15(16)17/h5-7,9H,4H2,1-3H3. The summed E-state index contributed by atoms with van der Waals surface area (Å²) in [5.41, 5.74) is 0.125. The van der Waals surface area contributed by atoms with Crippen LogP contribution in [0, 0.1) is 15.9 Å². The molecule has 0 saturated carbocycles. The molecule has 1 rings (SSSR count). The Morgan fingerprint density at radius 2 is 2.17 bits per heavy atom. The number of alkyl halides is 1. The first-order valence-corrected chi connectivity index (χ1v) is 6.01. The van der Waals surface area contributed by atoms with Crippen molar-refractivity contribution in [2.45, 2.75) is 31.6 Å². The van der Waals surface area contributed by atoms with E-state index in [9.17, 15) is 14.5 Å². The summed E-state index contributed by atoms with van der Waals surface area (Å²) in [7, 11) is 1.32. The molecule has 0 saturated heterocycles. The average molecular weight is 276 g/mol.